The van der Waals surface area contributed by atoms with E-state index in [0.29, 0.717) is 0 Å². The number of anilines is 1. The second-order valence-electron chi connectivity index (χ2n) is 4.33. The lowest BCUT2D eigenvalue weighted by Crippen LogP contribution is -2.10. The van der Waals surface area contributed by atoms with Gasteiger partial charge in [-0.25, -0.2) is 0 Å². The fourth-order valence-electron chi connectivity index (χ4n) is 2.10. The fourth-order valence-corrected chi connectivity index (χ4v) is 2.10. The molecule has 0 radical (unpaired) electrons. The molecule has 1 aromatic heterocycles. The van der Waals surface area contributed by atoms with Crippen LogP contribution in [0, 0.1) is 5.92 Å². The predicted molar refractivity (Wildman–Crippen MR) is 61.9 cm³/mol. The number of aromatic nitrogens is 2. The van der Waals surface area contributed by atoms with Gasteiger partial charge in [-0.2, -0.15) is 5.10 Å². The maximum absolute atomic E-state index is 4.12. The monoisotopic (exact) mass is 208 g/mol. The summed E-state index contributed by atoms with van der Waals surface area (Å²) in [5.74, 6) is 0.903. The molecule has 0 aliphatic carbocycles. The second-order valence-corrected chi connectivity index (χ2v) is 4.33. The summed E-state index contributed by atoms with van der Waals surface area (Å²) < 4.78 is 1.82. The van der Waals surface area contributed by atoms with Crippen LogP contribution in [-0.4, -0.2) is 29.4 Å². The molecule has 15 heavy (non-hydrogen) atoms. The molecule has 1 aliphatic rings. The van der Waals surface area contributed by atoms with Gasteiger partial charge in [0.05, 0.1) is 11.9 Å². The first-order valence-corrected chi connectivity index (χ1v) is 5.78. The zero-order chi connectivity index (χ0) is 10.5. The zero-order valence-corrected chi connectivity index (χ0v) is 9.37. The first-order chi connectivity index (χ1) is 7.34. The van der Waals surface area contributed by atoms with Gasteiger partial charge in [0.2, 0.25) is 0 Å². The summed E-state index contributed by atoms with van der Waals surface area (Å²) in [7, 11) is 1.94. The van der Waals surface area contributed by atoms with Crippen LogP contribution >= 0.6 is 0 Å². The van der Waals surface area contributed by atoms with Crippen LogP contribution in [0.5, 0.6) is 0 Å². The van der Waals surface area contributed by atoms with Crippen LogP contribution in [0.2, 0.25) is 0 Å². The lowest BCUT2D eigenvalue weighted by atomic mass is 10.0. The largest absolute Gasteiger partial charge is 0.383 e. The van der Waals surface area contributed by atoms with Crippen molar-refractivity contribution < 1.29 is 0 Å². The van der Waals surface area contributed by atoms with Crippen molar-refractivity contribution in [3.63, 3.8) is 0 Å². The Labute approximate surface area is 91.1 Å². The van der Waals surface area contributed by atoms with E-state index in [9.17, 15) is 0 Å². The molecule has 1 atom stereocenters. The molecule has 2 rings (SSSR count). The van der Waals surface area contributed by atoms with E-state index in [-0.39, 0.29) is 0 Å². The molecule has 0 saturated carbocycles. The number of aryl methyl sites for hydroxylation is 1. The molecule has 0 amide bonds. The Morgan fingerprint density at radius 2 is 2.60 bits per heavy atom. The van der Waals surface area contributed by atoms with E-state index in [4.69, 9.17) is 0 Å². The van der Waals surface area contributed by atoms with Gasteiger partial charge in [-0.1, -0.05) is 0 Å². The van der Waals surface area contributed by atoms with Crippen molar-refractivity contribution in [3.05, 3.63) is 12.4 Å². The maximum Gasteiger partial charge on any atom is 0.0726 e. The van der Waals surface area contributed by atoms with Crippen molar-refractivity contribution >= 4 is 5.69 Å². The molecule has 4 heteroatoms. The third-order valence-electron chi connectivity index (χ3n) is 2.99. The molecule has 1 aromatic rings. The molecular formula is C11H20N4. The topological polar surface area (TPSA) is 41.9 Å². The molecule has 1 fully saturated rings. The summed E-state index contributed by atoms with van der Waals surface area (Å²) in [6.07, 6.45) is 7.82. The van der Waals surface area contributed by atoms with E-state index in [2.05, 4.69) is 15.7 Å². The van der Waals surface area contributed by atoms with Gasteiger partial charge in [0.15, 0.2) is 0 Å². The van der Waals surface area contributed by atoms with Crippen molar-refractivity contribution in [1.29, 1.82) is 0 Å². The quantitative estimate of drug-likeness (QED) is 0.715. The first kappa shape index (κ1) is 10.5. The molecule has 0 spiro atoms. The van der Waals surface area contributed by atoms with Crippen LogP contribution in [0.4, 0.5) is 5.69 Å². The number of hydrogen-bond donors (Lipinski definition) is 2. The minimum atomic E-state index is 0.903. The van der Waals surface area contributed by atoms with E-state index in [1.54, 1.807) is 0 Å². The second kappa shape index (κ2) is 5.16. The van der Waals surface area contributed by atoms with Gasteiger partial charge in [0.1, 0.15) is 0 Å². The summed E-state index contributed by atoms with van der Waals surface area (Å²) in [6, 6.07) is 0. The highest BCUT2D eigenvalue weighted by Crippen LogP contribution is 2.14. The average Bonchev–Trinajstić information content (AvgIpc) is 2.84. The molecular weight excluding hydrogens is 188 g/mol. The minimum absolute atomic E-state index is 0.903. The summed E-state index contributed by atoms with van der Waals surface area (Å²) in [5, 5.41) is 10.9. The summed E-state index contributed by atoms with van der Waals surface area (Å²) in [4.78, 5) is 0. The normalized spacial score (nSPS) is 20.7. The number of hydrogen-bond acceptors (Lipinski definition) is 3. The minimum Gasteiger partial charge on any atom is -0.383 e. The fraction of sp³-hybridized carbons (Fsp3) is 0.727. The molecule has 4 nitrogen and oxygen atoms in total. The number of nitrogens with one attached hydrogen (secondary N) is 2. The molecule has 1 saturated heterocycles. The lowest BCUT2D eigenvalue weighted by molar-refractivity contribution is 0.518. The Kier molecular flexibility index (Phi) is 3.61. The highest BCUT2D eigenvalue weighted by molar-refractivity contribution is 5.37. The Bertz CT molecular complexity index is 289. The smallest absolute Gasteiger partial charge is 0.0726 e. The van der Waals surface area contributed by atoms with Crippen molar-refractivity contribution in [2.24, 2.45) is 13.0 Å². The molecule has 2 heterocycles. The highest BCUT2D eigenvalue weighted by Gasteiger charge is 2.13. The van der Waals surface area contributed by atoms with E-state index >= 15 is 0 Å². The molecule has 1 aliphatic heterocycles. The molecule has 2 N–H and O–H groups in total. The van der Waals surface area contributed by atoms with Crippen LogP contribution in [0.3, 0.4) is 0 Å². The van der Waals surface area contributed by atoms with Gasteiger partial charge in [-0.05, 0) is 38.3 Å². The van der Waals surface area contributed by atoms with Crippen LogP contribution in [0.15, 0.2) is 12.4 Å². The molecule has 1 unspecified atom stereocenters. The highest BCUT2D eigenvalue weighted by atomic mass is 15.3. The first-order valence-electron chi connectivity index (χ1n) is 5.78. The van der Waals surface area contributed by atoms with Crippen molar-refractivity contribution in [3.8, 4) is 0 Å². The molecule has 0 bridgehead atoms. The predicted octanol–water partition coefficient (Wildman–Crippen LogP) is 1.22. The van der Waals surface area contributed by atoms with Gasteiger partial charge < -0.3 is 10.6 Å². The maximum atomic E-state index is 4.12. The molecule has 0 aromatic carbocycles. The van der Waals surface area contributed by atoms with Gasteiger partial charge in [-0.3, -0.25) is 4.68 Å². The van der Waals surface area contributed by atoms with Crippen molar-refractivity contribution in [2.75, 3.05) is 25.0 Å². The van der Waals surface area contributed by atoms with Gasteiger partial charge in [0, 0.05) is 19.8 Å². The Morgan fingerprint density at radius 1 is 1.67 bits per heavy atom. The average molecular weight is 208 g/mol. The van der Waals surface area contributed by atoms with Gasteiger partial charge in [0.25, 0.3) is 0 Å². The standard InChI is InChI=1S/C11H20N4/c1-15-9-11(8-14-15)13-5-2-3-10-4-6-12-7-10/h8-10,12-13H,2-7H2,1H3. The molecule has 84 valence electrons. The van der Waals surface area contributed by atoms with Crippen molar-refractivity contribution in [2.45, 2.75) is 19.3 Å². The van der Waals surface area contributed by atoms with E-state index < -0.39 is 0 Å². The van der Waals surface area contributed by atoms with E-state index in [1.165, 1.54) is 32.4 Å². The summed E-state index contributed by atoms with van der Waals surface area (Å²) >= 11 is 0. The lowest BCUT2D eigenvalue weighted by Gasteiger charge is -2.08. The van der Waals surface area contributed by atoms with Crippen LogP contribution < -0.4 is 10.6 Å². The van der Waals surface area contributed by atoms with Gasteiger partial charge in [-0.15, -0.1) is 0 Å². The Balaban J connectivity index is 1.58. The summed E-state index contributed by atoms with van der Waals surface area (Å²) in [6.45, 7) is 3.48. The third-order valence-corrected chi connectivity index (χ3v) is 2.99. The SMILES string of the molecule is Cn1cc(NCCCC2CCNC2)cn1. The Morgan fingerprint density at radius 3 is 3.27 bits per heavy atom. The van der Waals surface area contributed by atoms with E-state index in [0.717, 1.165) is 18.2 Å². The zero-order valence-electron chi connectivity index (χ0n) is 9.37. The van der Waals surface area contributed by atoms with Crippen LogP contribution in [-0.2, 0) is 7.05 Å². The Hall–Kier alpha value is -1.03. The van der Waals surface area contributed by atoms with Crippen LogP contribution in [0.25, 0.3) is 0 Å². The van der Waals surface area contributed by atoms with Crippen LogP contribution in [0.1, 0.15) is 19.3 Å². The van der Waals surface area contributed by atoms with E-state index in [1.807, 2.05) is 24.1 Å². The number of rotatable bonds is 5. The van der Waals surface area contributed by atoms with Crippen molar-refractivity contribution in [1.82, 2.24) is 15.1 Å². The summed E-state index contributed by atoms with van der Waals surface area (Å²) in [5.41, 5.74) is 1.13. The van der Waals surface area contributed by atoms with Gasteiger partial charge >= 0.3 is 0 Å². The number of nitrogens with zero attached hydrogens (tertiary/aromatic N) is 2. The third kappa shape index (κ3) is 3.23.